The minimum absolute atomic E-state index is 0.158. The molecule has 0 spiro atoms. The van der Waals surface area contributed by atoms with Crippen molar-refractivity contribution in [1.29, 1.82) is 5.26 Å². The van der Waals surface area contributed by atoms with E-state index in [0.717, 1.165) is 12.8 Å². The molecule has 0 saturated heterocycles. The predicted octanol–water partition coefficient (Wildman–Crippen LogP) is 3.88. The van der Waals surface area contributed by atoms with Crippen LogP contribution in [0, 0.1) is 32.0 Å². The van der Waals surface area contributed by atoms with Crippen LogP contribution in [0.1, 0.15) is 57.8 Å². The summed E-state index contributed by atoms with van der Waals surface area (Å²) in [6.45, 7) is -4.20. The Hall–Kier alpha value is -2.28. The van der Waals surface area contributed by atoms with E-state index in [0.29, 0.717) is 11.4 Å². The van der Waals surface area contributed by atoms with Crippen LogP contribution in [0.25, 0.3) is 0 Å². The maximum Gasteiger partial charge on any atom is 0.171 e. The van der Waals surface area contributed by atoms with Gasteiger partial charge in [-0.2, -0.15) is 10.4 Å². The van der Waals surface area contributed by atoms with Crippen LogP contribution in [0.2, 0.25) is 0 Å². The highest BCUT2D eigenvalue weighted by molar-refractivity contribution is 5.49. The smallest absolute Gasteiger partial charge is 0.171 e. The third kappa shape index (κ3) is 2.16. The molecule has 1 aliphatic rings. The second kappa shape index (κ2) is 4.68. The third-order valence-electron chi connectivity index (χ3n) is 3.17. The summed E-state index contributed by atoms with van der Waals surface area (Å²) in [5, 5.41) is 16.3. The summed E-state index contributed by atoms with van der Waals surface area (Å²) in [5.74, 6) is -0.101. The topological polar surface area (TPSA) is 61.7 Å². The van der Waals surface area contributed by atoms with E-state index >= 15 is 0 Å². The van der Waals surface area contributed by atoms with Gasteiger partial charge in [0.1, 0.15) is 11.4 Å². The Bertz CT molecular complexity index is 939. The van der Waals surface area contributed by atoms with Crippen LogP contribution in [-0.4, -0.2) is 10.2 Å². The fourth-order valence-corrected chi connectivity index (χ4v) is 1.97. The number of aryl methyl sites for hydroxylation is 1. The van der Waals surface area contributed by atoms with E-state index in [1.54, 1.807) is 13.0 Å². The molecule has 4 nitrogen and oxygen atoms in total. The first-order valence-corrected chi connectivity index (χ1v) is 6.18. The van der Waals surface area contributed by atoms with Gasteiger partial charge in [-0.15, -0.1) is 0 Å². The number of nitriles is 1. The van der Waals surface area contributed by atoms with Crippen LogP contribution in [0.15, 0.2) is 12.1 Å². The van der Waals surface area contributed by atoms with Crippen molar-refractivity contribution >= 4 is 0 Å². The molecule has 3 rings (SSSR count). The van der Waals surface area contributed by atoms with Crippen LogP contribution in [0.3, 0.4) is 0 Å². The first-order chi connectivity index (χ1) is 12.9. The Morgan fingerprint density at radius 3 is 2.70 bits per heavy atom. The number of H-pyrrole nitrogens is 1. The quantitative estimate of drug-likeness (QED) is 0.924. The van der Waals surface area contributed by atoms with Crippen molar-refractivity contribution in [3.63, 3.8) is 0 Å². The second-order valence-electron chi connectivity index (χ2n) is 4.76. The zero-order valence-electron chi connectivity index (χ0n) is 18.8. The van der Waals surface area contributed by atoms with E-state index in [-0.39, 0.29) is 11.7 Å². The van der Waals surface area contributed by atoms with Crippen molar-refractivity contribution in [3.05, 3.63) is 40.2 Å². The fraction of sp³-hybridized carbons (Fsp3) is 0.375. The second-order valence-corrected chi connectivity index (χ2v) is 4.76. The molecule has 0 amide bonds. The van der Waals surface area contributed by atoms with Gasteiger partial charge >= 0.3 is 0 Å². The number of rotatable bonds is 3. The molecule has 2 aromatic rings. The monoisotopic (exact) mass is 275 g/mol. The molecule has 1 heterocycles. The number of benzene rings is 1. The number of hydrogen-bond acceptors (Lipinski definition) is 3. The van der Waals surface area contributed by atoms with Crippen molar-refractivity contribution < 1.29 is 15.7 Å². The predicted molar refractivity (Wildman–Crippen MR) is 76.0 cm³/mol. The summed E-state index contributed by atoms with van der Waals surface area (Å²) in [5.41, 5.74) is -1.07. The highest BCUT2D eigenvalue weighted by Gasteiger charge is 2.30. The average molecular weight is 275 g/mol. The number of aromatic nitrogens is 2. The SMILES string of the molecule is [2H]c1c(Oc2c(C3CC3)n[nH]c2C)c([2H])c(C([2H])([2H])[2H])c(C#N)c1C([2H])([2H])[2H]. The molecule has 0 unspecified atom stereocenters. The van der Waals surface area contributed by atoms with Crippen molar-refractivity contribution in [1.82, 2.24) is 10.2 Å². The number of nitrogens with one attached hydrogen (secondary N) is 1. The highest BCUT2D eigenvalue weighted by Crippen LogP contribution is 2.45. The number of ether oxygens (including phenoxy) is 1. The molecule has 1 saturated carbocycles. The van der Waals surface area contributed by atoms with Crippen LogP contribution >= 0.6 is 0 Å². The summed E-state index contributed by atoms with van der Waals surface area (Å²) >= 11 is 0. The van der Waals surface area contributed by atoms with Crippen LogP contribution in [0.5, 0.6) is 11.5 Å². The normalized spacial score (nSPS) is 21.2. The molecule has 1 fully saturated rings. The van der Waals surface area contributed by atoms with E-state index in [1.165, 1.54) is 0 Å². The molecule has 0 radical (unpaired) electrons. The van der Waals surface area contributed by atoms with Crippen LogP contribution in [-0.2, 0) is 0 Å². The first-order valence-electron chi connectivity index (χ1n) is 10.2. The zero-order chi connectivity index (χ0) is 21.0. The lowest BCUT2D eigenvalue weighted by atomic mass is 10.0. The molecule has 0 bridgehead atoms. The summed E-state index contributed by atoms with van der Waals surface area (Å²) < 4.78 is 68.4. The van der Waals surface area contributed by atoms with Gasteiger partial charge in [0.15, 0.2) is 5.75 Å². The van der Waals surface area contributed by atoms with E-state index in [4.69, 9.17) is 15.7 Å². The summed E-state index contributed by atoms with van der Waals surface area (Å²) in [4.78, 5) is 0. The van der Waals surface area contributed by atoms with Gasteiger partial charge in [-0.1, -0.05) is 0 Å². The van der Waals surface area contributed by atoms with Crippen LogP contribution < -0.4 is 4.74 Å². The molecule has 102 valence electrons. The van der Waals surface area contributed by atoms with E-state index in [9.17, 15) is 5.26 Å². The molecule has 1 aromatic carbocycles. The maximum absolute atomic E-state index is 9.42. The lowest BCUT2D eigenvalue weighted by molar-refractivity contribution is 0.472. The summed E-state index contributed by atoms with van der Waals surface area (Å²) in [7, 11) is 0. The standard InChI is InChI=1S/C16H17N3O/c1-9-6-13(7-10(2)14(9)8-17)20-16-11(3)18-19-15(16)12-4-5-12/h6-7,12H,4-5H2,1-3H3,(H,18,19)/i1D3,2D3,6D,7D. The largest absolute Gasteiger partial charge is 0.453 e. The van der Waals surface area contributed by atoms with Crippen LogP contribution in [0.4, 0.5) is 0 Å². The van der Waals surface area contributed by atoms with Gasteiger partial charge in [-0.05, 0) is 56.7 Å². The minimum Gasteiger partial charge on any atom is -0.453 e. The first kappa shape index (κ1) is 6.45. The van der Waals surface area contributed by atoms with Gasteiger partial charge in [0.2, 0.25) is 0 Å². The molecule has 20 heavy (non-hydrogen) atoms. The average Bonchev–Trinajstić information content (AvgIpc) is 3.32. The molecule has 0 atom stereocenters. The molecular formula is C16H17N3O. The number of hydrogen-bond donors (Lipinski definition) is 1. The Morgan fingerprint density at radius 1 is 1.45 bits per heavy atom. The number of nitrogens with zero attached hydrogens (tertiary/aromatic N) is 2. The van der Waals surface area contributed by atoms with Crippen molar-refractivity contribution in [2.24, 2.45) is 0 Å². The summed E-state index contributed by atoms with van der Waals surface area (Å²) in [6, 6.07) is 0.167. The van der Waals surface area contributed by atoms with Crippen molar-refractivity contribution in [3.8, 4) is 17.6 Å². The highest BCUT2D eigenvalue weighted by atomic mass is 16.5. The molecule has 0 aliphatic heterocycles. The minimum atomic E-state index is -2.93. The van der Waals surface area contributed by atoms with Gasteiger partial charge in [0.25, 0.3) is 0 Å². The lowest BCUT2D eigenvalue weighted by Gasteiger charge is -2.10. The fourth-order valence-electron chi connectivity index (χ4n) is 1.97. The maximum atomic E-state index is 9.42. The van der Waals surface area contributed by atoms with Crippen molar-refractivity contribution in [2.45, 2.75) is 39.4 Å². The Kier molecular flexibility index (Phi) is 1.51. The zero-order valence-corrected chi connectivity index (χ0v) is 10.8. The molecule has 1 aliphatic carbocycles. The number of aromatic amines is 1. The summed E-state index contributed by atoms with van der Waals surface area (Å²) in [6.07, 6.45) is 1.80. The Labute approximate surface area is 129 Å². The van der Waals surface area contributed by atoms with Gasteiger partial charge in [-0.3, -0.25) is 5.10 Å². The molecular weight excluding hydrogens is 250 g/mol. The van der Waals surface area contributed by atoms with Gasteiger partial charge in [0.05, 0.1) is 20.1 Å². The molecule has 1 N–H and O–H groups in total. The van der Waals surface area contributed by atoms with Gasteiger partial charge in [0, 0.05) is 14.1 Å². The van der Waals surface area contributed by atoms with Crippen molar-refractivity contribution in [2.75, 3.05) is 0 Å². The Balaban J connectivity index is 2.30. The molecule has 1 aromatic heterocycles. The third-order valence-corrected chi connectivity index (χ3v) is 3.17. The lowest BCUT2D eigenvalue weighted by Crippen LogP contribution is -1.93. The van der Waals surface area contributed by atoms with Gasteiger partial charge < -0.3 is 4.74 Å². The Morgan fingerprint density at radius 2 is 2.15 bits per heavy atom. The molecule has 4 heteroatoms. The van der Waals surface area contributed by atoms with E-state index < -0.39 is 48.2 Å². The van der Waals surface area contributed by atoms with E-state index in [2.05, 4.69) is 10.2 Å². The van der Waals surface area contributed by atoms with E-state index in [1.807, 2.05) is 0 Å². The van der Waals surface area contributed by atoms with Gasteiger partial charge in [-0.25, -0.2) is 0 Å².